The van der Waals surface area contributed by atoms with Crippen molar-refractivity contribution in [1.82, 2.24) is 24.9 Å². The molecule has 0 spiro atoms. The fraction of sp³-hybridized carbons (Fsp3) is 0.783. The van der Waals surface area contributed by atoms with Crippen molar-refractivity contribution in [3.63, 3.8) is 0 Å². The Balaban J connectivity index is 1.45. The summed E-state index contributed by atoms with van der Waals surface area (Å²) in [6, 6.07) is 0.246. The maximum atomic E-state index is 12.8. The van der Waals surface area contributed by atoms with Gasteiger partial charge in [0, 0.05) is 52.5 Å². The Bertz CT molecular complexity index is 741. The summed E-state index contributed by atoms with van der Waals surface area (Å²) in [4.78, 5) is 21.6. The average molecular weight is 433 g/mol. The van der Waals surface area contributed by atoms with Crippen LogP contribution in [0.3, 0.4) is 0 Å². The number of hydrogen-bond donors (Lipinski definition) is 1. The molecule has 1 aliphatic carbocycles. The van der Waals surface area contributed by atoms with Crippen molar-refractivity contribution in [3.05, 3.63) is 18.0 Å². The number of likely N-dealkylation sites (tertiary alicyclic amines) is 1. The Morgan fingerprint density at radius 2 is 2.00 bits per heavy atom. The highest BCUT2D eigenvalue weighted by Gasteiger charge is 2.35. The molecule has 0 unspecified atom stereocenters. The molecule has 8 heteroatoms. The summed E-state index contributed by atoms with van der Waals surface area (Å²) in [7, 11) is 3.79. The maximum absolute atomic E-state index is 12.8. The highest BCUT2D eigenvalue weighted by atomic mass is 16.6. The third-order valence-corrected chi connectivity index (χ3v) is 5.88. The Morgan fingerprint density at radius 1 is 1.29 bits per heavy atom. The summed E-state index contributed by atoms with van der Waals surface area (Å²) in [6.07, 6.45) is 10.2. The van der Waals surface area contributed by atoms with Gasteiger partial charge in [-0.15, -0.1) is 0 Å². The van der Waals surface area contributed by atoms with Gasteiger partial charge in [-0.2, -0.15) is 5.10 Å². The zero-order valence-electron chi connectivity index (χ0n) is 19.9. The highest BCUT2D eigenvalue weighted by molar-refractivity contribution is 5.80. The van der Waals surface area contributed by atoms with E-state index in [1.165, 1.54) is 18.4 Å². The zero-order chi connectivity index (χ0) is 22.4. The summed E-state index contributed by atoms with van der Waals surface area (Å²) in [6.45, 7) is 9.33. The van der Waals surface area contributed by atoms with E-state index in [9.17, 15) is 4.79 Å². The van der Waals surface area contributed by atoms with Crippen LogP contribution in [-0.4, -0.2) is 76.5 Å². The van der Waals surface area contributed by atoms with Crippen LogP contribution in [0.15, 0.2) is 17.4 Å². The van der Waals surface area contributed by atoms with Gasteiger partial charge < -0.3 is 19.9 Å². The first-order valence-electron chi connectivity index (χ1n) is 11.7. The summed E-state index contributed by atoms with van der Waals surface area (Å²) in [5, 5.41) is 7.72. The molecular weight excluding hydrogens is 392 g/mol. The van der Waals surface area contributed by atoms with Gasteiger partial charge in [0.25, 0.3) is 0 Å². The van der Waals surface area contributed by atoms with E-state index in [-0.39, 0.29) is 12.1 Å². The Hall–Kier alpha value is -2.25. The van der Waals surface area contributed by atoms with Crippen molar-refractivity contribution in [2.24, 2.45) is 18.0 Å². The van der Waals surface area contributed by atoms with Gasteiger partial charge in [-0.05, 0) is 70.8 Å². The number of aromatic nitrogens is 2. The third kappa shape index (κ3) is 7.43. The predicted octanol–water partition coefficient (Wildman–Crippen LogP) is 3.04. The number of amides is 1. The molecule has 0 atom stereocenters. The largest absolute Gasteiger partial charge is 0.444 e. The van der Waals surface area contributed by atoms with Gasteiger partial charge in [-0.1, -0.05) is 0 Å². The van der Waals surface area contributed by atoms with Gasteiger partial charge in [-0.25, -0.2) is 4.79 Å². The van der Waals surface area contributed by atoms with Crippen LogP contribution in [0.1, 0.15) is 58.4 Å². The number of carbonyl (C=O) groups excluding carboxylic acids is 1. The minimum absolute atomic E-state index is 0.157. The number of rotatable bonds is 7. The van der Waals surface area contributed by atoms with Crippen LogP contribution < -0.4 is 5.32 Å². The quantitative estimate of drug-likeness (QED) is 0.407. The predicted molar refractivity (Wildman–Crippen MR) is 123 cm³/mol. The standard InChI is InChI=1S/C23H40N6O2/c1-23(2,3)31-22(30)29(17-18-8-9-18)20-10-13-28(14-11-20)21(24-4)25-12-6-7-19-15-26-27(5)16-19/h15-16,18,20H,6-14,17H2,1-5H3,(H,24,25). The molecule has 174 valence electrons. The SMILES string of the molecule is CN=C(NCCCc1cnn(C)c1)N1CCC(N(CC2CC2)C(=O)OC(C)(C)C)CC1. The maximum Gasteiger partial charge on any atom is 0.410 e. The summed E-state index contributed by atoms with van der Waals surface area (Å²) in [5.41, 5.74) is 0.805. The molecule has 1 aromatic rings. The van der Waals surface area contributed by atoms with Gasteiger partial charge >= 0.3 is 6.09 Å². The molecule has 2 fully saturated rings. The fourth-order valence-electron chi connectivity index (χ4n) is 4.09. The third-order valence-electron chi connectivity index (χ3n) is 5.88. The molecular formula is C23H40N6O2. The minimum Gasteiger partial charge on any atom is -0.444 e. The number of hydrogen-bond acceptors (Lipinski definition) is 4. The highest BCUT2D eigenvalue weighted by Crippen LogP contribution is 2.32. The van der Waals surface area contributed by atoms with Crippen molar-refractivity contribution in [2.45, 2.75) is 70.9 Å². The molecule has 8 nitrogen and oxygen atoms in total. The van der Waals surface area contributed by atoms with E-state index in [1.807, 2.05) is 50.6 Å². The van der Waals surface area contributed by atoms with Gasteiger partial charge in [0.15, 0.2) is 5.96 Å². The number of ether oxygens (including phenoxy) is 1. The number of nitrogens with one attached hydrogen (secondary N) is 1. The van der Waals surface area contributed by atoms with Gasteiger partial charge in [0.05, 0.1) is 6.20 Å². The Kier molecular flexibility index (Phi) is 7.84. The first kappa shape index (κ1) is 23.4. The van der Waals surface area contributed by atoms with E-state index >= 15 is 0 Å². The summed E-state index contributed by atoms with van der Waals surface area (Å²) >= 11 is 0. The van der Waals surface area contributed by atoms with Gasteiger partial charge in [0.2, 0.25) is 0 Å². The van der Waals surface area contributed by atoms with Crippen molar-refractivity contribution in [1.29, 1.82) is 0 Å². The molecule has 31 heavy (non-hydrogen) atoms. The number of guanidine groups is 1. The van der Waals surface area contributed by atoms with Crippen LogP contribution in [0.25, 0.3) is 0 Å². The van der Waals surface area contributed by atoms with Crippen LogP contribution in [0.2, 0.25) is 0 Å². The molecule has 2 aliphatic rings. The second kappa shape index (κ2) is 10.4. The van der Waals surface area contributed by atoms with Crippen molar-refractivity contribution in [2.75, 3.05) is 33.2 Å². The molecule has 1 N–H and O–H groups in total. The number of carbonyl (C=O) groups is 1. The van der Waals surface area contributed by atoms with E-state index < -0.39 is 5.60 Å². The molecule has 2 heterocycles. The van der Waals surface area contributed by atoms with Gasteiger partial charge in [0.1, 0.15) is 5.60 Å². The van der Waals surface area contributed by atoms with Gasteiger partial charge in [-0.3, -0.25) is 9.67 Å². The van der Waals surface area contributed by atoms with Crippen LogP contribution >= 0.6 is 0 Å². The van der Waals surface area contributed by atoms with Crippen LogP contribution in [0, 0.1) is 5.92 Å². The normalized spacial score (nSPS) is 18.2. The van der Waals surface area contributed by atoms with Crippen molar-refractivity contribution >= 4 is 12.1 Å². The molecule has 1 aromatic heterocycles. The molecule has 0 aromatic carbocycles. The van der Waals surface area contributed by atoms with E-state index in [0.29, 0.717) is 5.92 Å². The second-order valence-electron chi connectivity index (χ2n) is 9.89. The Labute approximate surface area is 187 Å². The molecule has 3 rings (SSSR count). The number of aliphatic imine (C=N–C) groups is 1. The van der Waals surface area contributed by atoms with E-state index in [0.717, 1.165) is 57.8 Å². The lowest BCUT2D eigenvalue weighted by Gasteiger charge is -2.40. The van der Waals surface area contributed by atoms with Crippen LogP contribution in [0.4, 0.5) is 4.79 Å². The van der Waals surface area contributed by atoms with Crippen LogP contribution in [0.5, 0.6) is 0 Å². The first-order chi connectivity index (χ1) is 14.7. The second-order valence-corrected chi connectivity index (χ2v) is 9.89. The minimum atomic E-state index is -0.457. The molecule has 1 saturated carbocycles. The monoisotopic (exact) mass is 432 g/mol. The molecule has 1 saturated heterocycles. The van der Waals surface area contributed by atoms with E-state index in [1.54, 1.807) is 0 Å². The molecule has 1 aliphatic heterocycles. The lowest BCUT2D eigenvalue weighted by atomic mass is 10.0. The topological polar surface area (TPSA) is 75.0 Å². The Morgan fingerprint density at radius 3 is 2.55 bits per heavy atom. The van der Waals surface area contributed by atoms with E-state index in [2.05, 4.69) is 26.5 Å². The number of piperidine rings is 1. The number of nitrogens with zero attached hydrogens (tertiary/aromatic N) is 5. The molecule has 0 radical (unpaired) electrons. The molecule has 0 bridgehead atoms. The van der Waals surface area contributed by atoms with Crippen LogP contribution in [-0.2, 0) is 18.2 Å². The fourth-order valence-corrected chi connectivity index (χ4v) is 4.09. The number of aryl methyl sites for hydroxylation is 2. The first-order valence-corrected chi connectivity index (χ1v) is 11.7. The van der Waals surface area contributed by atoms with E-state index in [4.69, 9.17) is 4.74 Å². The smallest absolute Gasteiger partial charge is 0.410 e. The lowest BCUT2D eigenvalue weighted by Crippen LogP contribution is -2.52. The summed E-state index contributed by atoms with van der Waals surface area (Å²) < 4.78 is 7.55. The molecule has 1 amide bonds. The summed E-state index contributed by atoms with van der Waals surface area (Å²) in [5.74, 6) is 1.61. The van der Waals surface area contributed by atoms with Crippen molar-refractivity contribution in [3.8, 4) is 0 Å². The zero-order valence-corrected chi connectivity index (χ0v) is 19.9. The van der Waals surface area contributed by atoms with Crippen molar-refractivity contribution < 1.29 is 9.53 Å². The average Bonchev–Trinajstić information content (AvgIpc) is 3.44. The lowest BCUT2D eigenvalue weighted by molar-refractivity contribution is 0.00928.